The normalized spacial score (nSPS) is 10.2. The second-order valence-electron chi connectivity index (χ2n) is 6.27. The molecule has 8 nitrogen and oxygen atoms in total. The maximum atomic E-state index is 12.7. The summed E-state index contributed by atoms with van der Waals surface area (Å²) >= 11 is 3.29. The molecule has 0 aliphatic carbocycles. The summed E-state index contributed by atoms with van der Waals surface area (Å²) in [6.45, 7) is 0. The first kappa shape index (κ1) is 21.2. The van der Waals surface area contributed by atoms with Gasteiger partial charge < -0.3 is 10.6 Å². The maximum absolute atomic E-state index is 12.7. The van der Waals surface area contributed by atoms with Gasteiger partial charge in [0.15, 0.2) is 5.84 Å². The van der Waals surface area contributed by atoms with Crippen LogP contribution in [0.15, 0.2) is 71.3 Å². The van der Waals surface area contributed by atoms with Crippen LogP contribution in [0.1, 0.15) is 26.3 Å². The van der Waals surface area contributed by atoms with Gasteiger partial charge in [-0.2, -0.15) is 0 Å². The number of hydrogen-bond acceptors (Lipinski definition) is 5. The largest absolute Gasteiger partial charge is 0.321 e. The number of carbonyl (C=O) groups excluding carboxylic acids is 2. The Morgan fingerprint density at radius 1 is 0.967 bits per heavy atom. The Morgan fingerprint density at radius 2 is 1.63 bits per heavy atom. The molecule has 3 aromatic rings. The number of carbonyl (C=O) groups is 2. The monoisotopic (exact) mass is 467 g/mol. The summed E-state index contributed by atoms with van der Waals surface area (Å²) in [6.07, 6.45) is 1.57. The first-order chi connectivity index (χ1) is 14.3. The van der Waals surface area contributed by atoms with Crippen LogP contribution in [0, 0.1) is 5.41 Å². The molecule has 0 atom stereocenters. The van der Waals surface area contributed by atoms with Crippen molar-refractivity contribution >= 4 is 45.1 Å². The van der Waals surface area contributed by atoms with Gasteiger partial charge in [-0.3, -0.25) is 20.2 Å². The van der Waals surface area contributed by atoms with Crippen molar-refractivity contribution in [3.05, 3.63) is 88.0 Å². The molecular weight excluding hydrogens is 450 g/mol. The molecular formula is C21H18BrN5O3. The molecule has 0 unspecified atom stereocenters. The van der Waals surface area contributed by atoms with Crippen LogP contribution in [0.5, 0.6) is 0 Å². The van der Waals surface area contributed by atoms with Gasteiger partial charge in [-0.05, 0) is 52.3 Å². The van der Waals surface area contributed by atoms with Crippen molar-refractivity contribution in [3.8, 4) is 0 Å². The molecule has 0 saturated carbocycles. The molecule has 30 heavy (non-hydrogen) atoms. The van der Waals surface area contributed by atoms with E-state index in [1.165, 1.54) is 19.2 Å². The highest BCUT2D eigenvalue weighted by atomic mass is 79.9. The second kappa shape index (κ2) is 9.29. The van der Waals surface area contributed by atoms with Gasteiger partial charge in [0.2, 0.25) is 0 Å². The number of aromatic nitrogens is 1. The summed E-state index contributed by atoms with van der Waals surface area (Å²) in [5.41, 5.74) is 1.44. The Bertz CT molecular complexity index is 1080. The number of hydrogen-bond donors (Lipinski definition) is 4. The van der Waals surface area contributed by atoms with Gasteiger partial charge in [0.25, 0.3) is 11.8 Å². The smallest absolute Gasteiger partial charge is 0.258 e. The highest BCUT2D eigenvalue weighted by molar-refractivity contribution is 9.10. The fourth-order valence-corrected chi connectivity index (χ4v) is 2.82. The van der Waals surface area contributed by atoms with E-state index in [2.05, 4.69) is 31.5 Å². The van der Waals surface area contributed by atoms with E-state index < -0.39 is 11.8 Å². The summed E-state index contributed by atoms with van der Waals surface area (Å²) in [4.78, 5) is 29.4. The SMILES string of the molecule is CN(O)C(=N)c1ccc(C(=O)Nc2ccccc2C(=O)Nc2ccc(Br)cn2)cc1. The number of para-hydroxylation sites is 1. The van der Waals surface area contributed by atoms with Gasteiger partial charge in [0, 0.05) is 28.8 Å². The Kier molecular flexibility index (Phi) is 6.55. The van der Waals surface area contributed by atoms with Gasteiger partial charge in [-0.1, -0.05) is 24.3 Å². The van der Waals surface area contributed by atoms with E-state index in [9.17, 15) is 14.8 Å². The maximum Gasteiger partial charge on any atom is 0.258 e. The van der Waals surface area contributed by atoms with Gasteiger partial charge in [0.1, 0.15) is 5.82 Å². The average Bonchev–Trinajstić information content (AvgIpc) is 2.75. The molecule has 0 saturated heterocycles. The third-order valence-electron chi connectivity index (χ3n) is 4.13. The summed E-state index contributed by atoms with van der Waals surface area (Å²) in [6, 6.07) is 16.3. The molecule has 4 N–H and O–H groups in total. The lowest BCUT2D eigenvalue weighted by Crippen LogP contribution is -2.22. The second-order valence-corrected chi connectivity index (χ2v) is 7.18. The van der Waals surface area contributed by atoms with Gasteiger partial charge >= 0.3 is 0 Å². The molecule has 2 amide bonds. The number of nitrogens with zero attached hydrogens (tertiary/aromatic N) is 2. The lowest BCUT2D eigenvalue weighted by Gasteiger charge is -2.13. The fraction of sp³-hybridized carbons (Fsp3) is 0.0476. The van der Waals surface area contributed by atoms with Crippen LogP contribution in [0.4, 0.5) is 11.5 Å². The zero-order valence-corrected chi connectivity index (χ0v) is 17.5. The third kappa shape index (κ3) is 5.07. The zero-order chi connectivity index (χ0) is 21.7. The van der Waals surface area contributed by atoms with Crippen molar-refractivity contribution in [3.63, 3.8) is 0 Å². The molecule has 2 aromatic carbocycles. The number of amidine groups is 1. The zero-order valence-electron chi connectivity index (χ0n) is 15.9. The molecule has 152 valence electrons. The van der Waals surface area contributed by atoms with E-state index in [1.807, 2.05) is 0 Å². The van der Waals surface area contributed by atoms with Crippen molar-refractivity contribution in [1.29, 1.82) is 5.41 Å². The van der Waals surface area contributed by atoms with E-state index in [4.69, 9.17) is 5.41 Å². The number of nitrogens with one attached hydrogen (secondary N) is 3. The number of halogens is 1. The molecule has 9 heteroatoms. The molecule has 0 radical (unpaired) electrons. The fourth-order valence-electron chi connectivity index (χ4n) is 2.58. The first-order valence-corrected chi connectivity index (χ1v) is 9.59. The molecule has 3 rings (SSSR count). The van der Waals surface area contributed by atoms with E-state index in [0.29, 0.717) is 27.7 Å². The van der Waals surface area contributed by atoms with Crippen LogP contribution in [0.3, 0.4) is 0 Å². The van der Waals surface area contributed by atoms with E-state index >= 15 is 0 Å². The standard InChI is InChI=1S/C21H18BrN5O3/c1-27(30)19(23)13-6-8-14(9-7-13)20(28)25-17-5-3-2-4-16(17)21(29)26-18-11-10-15(22)12-24-18/h2-12,23,30H,1H3,(H,25,28)(H,24,26,29). The Hall–Kier alpha value is -3.56. The van der Waals surface area contributed by atoms with Gasteiger partial charge in [0.05, 0.1) is 11.3 Å². The predicted octanol–water partition coefficient (Wildman–Crippen LogP) is 4.00. The number of rotatable bonds is 5. The van der Waals surface area contributed by atoms with Gasteiger partial charge in [-0.15, -0.1) is 0 Å². The molecule has 0 aliphatic rings. The van der Waals surface area contributed by atoms with Crippen LogP contribution in [-0.4, -0.2) is 40.0 Å². The minimum Gasteiger partial charge on any atom is -0.321 e. The highest BCUT2D eigenvalue weighted by Crippen LogP contribution is 2.19. The number of hydroxylamine groups is 2. The van der Waals surface area contributed by atoms with Crippen LogP contribution in [0.2, 0.25) is 0 Å². The van der Waals surface area contributed by atoms with E-state index in [1.54, 1.807) is 54.7 Å². The van der Waals surface area contributed by atoms with Crippen LogP contribution in [0.25, 0.3) is 0 Å². The molecule has 0 aliphatic heterocycles. The molecule has 0 spiro atoms. The van der Waals surface area contributed by atoms with Crippen molar-refractivity contribution < 1.29 is 14.8 Å². The number of pyridine rings is 1. The Labute approximate surface area is 181 Å². The quantitative estimate of drug-likeness (QED) is 0.257. The summed E-state index contributed by atoms with van der Waals surface area (Å²) in [7, 11) is 1.34. The molecule has 0 bridgehead atoms. The van der Waals surface area contributed by atoms with Crippen molar-refractivity contribution in [2.75, 3.05) is 17.7 Å². The number of anilines is 2. The highest BCUT2D eigenvalue weighted by Gasteiger charge is 2.15. The van der Waals surface area contributed by atoms with Crippen LogP contribution in [-0.2, 0) is 0 Å². The van der Waals surface area contributed by atoms with E-state index in [0.717, 1.165) is 4.47 Å². The summed E-state index contributed by atoms with van der Waals surface area (Å²) < 4.78 is 0.792. The summed E-state index contributed by atoms with van der Waals surface area (Å²) in [5.74, 6) is -0.523. The Balaban J connectivity index is 1.75. The van der Waals surface area contributed by atoms with Crippen LogP contribution >= 0.6 is 15.9 Å². The molecule has 1 heterocycles. The number of amides is 2. The first-order valence-electron chi connectivity index (χ1n) is 8.80. The van der Waals surface area contributed by atoms with Gasteiger partial charge in [-0.25, -0.2) is 10.0 Å². The predicted molar refractivity (Wildman–Crippen MR) is 117 cm³/mol. The lowest BCUT2D eigenvalue weighted by molar-refractivity contribution is 0.0133. The van der Waals surface area contributed by atoms with Crippen molar-refractivity contribution in [2.45, 2.75) is 0 Å². The van der Waals surface area contributed by atoms with Crippen molar-refractivity contribution in [2.24, 2.45) is 0 Å². The third-order valence-corrected chi connectivity index (χ3v) is 4.60. The molecule has 1 aromatic heterocycles. The minimum atomic E-state index is -0.410. The summed E-state index contributed by atoms with van der Waals surface area (Å²) in [5, 5.41) is 23.2. The number of benzene rings is 2. The van der Waals surface area contributed by atoms with Crippen molar-refractivity contribution in [1.82, 2.24) is 10.0 Å². The Morgan fingerprint density at radius 3 is 2.27 bits per heavy atom. The van der Waals surface area contributed by atoms with E-state index in [-0.39, 0.29) is 11.4 Å². The minimum absolute atomic E-state index is 0.0921. The average molecular weight is 468 g/mol. The lowest BCUT2D eigenvalue weighted by atomic mass is 10.1. The molecule has 0 fully saturated rings. The van der Waals surface area contributed by atoms with Crippen LogP contribution < -0.4 is 10.6 Å². The topological polar surface area (TPSA) is 118 Å².